The molecule has 0 saturated carbocycles. The van der Waals surface area contributed by atoms with Crippen LogP contribution in [0, 0.1) is 0 Å². The van der Waals surface area contributed by atoms with Gasteiger partial charge >= 0.3 is 0 Å². The summed E-state index contributed by atoms with van der Waals surface area (Å²) in [5, 5.41) is 6.44. The fourth-order valence-corrected chi connectivity index (χ4v) is 3.51. The normalized spacial score (nSPS) is 12.2. The summed E-state index contributed by atoms with van der Waals surface area (Å²) in [6.45, 7) is 4.78. The molecule has 0 spiro atoms. The van der Waals surface area contributed by atoms with Gasteiger partial charge in [0.05, 0.1) is 26.0 Å². The molecule has 2 rings (SSSR count). The van der Waals surface area contributed by atoms with Gasteiger partial charge in [0.25, 0.3) is 0 Å². The zero-order valence-corrected chi connectivity index (χ0v) is 21.5. The summed E-state index contributed by atoms with van der Waals surface area (Å²) >= 11 is 1.62. The van der Waals surface area contributed by atoms with Crippen LogP contribution in [0.15, 0.2) is 34.6 Å². The average Bonchev–Trinajstić information content (AvgIpc) is 3.21. The van der Waals surface area contributed by atoms with Crippen LogP contribution in [0.1, 0.15) is 35.7 Å². The number of hydrogen-bond donors (Lipinski definition) is 1. The SMILES string of the molecule is CN=C(NCCCOCc1ccc(OC)cc1)N(C)Cc1csc(C(C)OC)n1.I. The molecule has 1 heterocycles. The number of benzene rings is 1. The number of halogens is 1. The minimum Gasteiger partial charge on any atom is -0.497 e. The highest BCUT2D eigenvalue weighted by atomic mass is 127. The van der Waals surface area contributed by atoms with E-state index in [2.05, 4.69) is 25.6 Å². The molecule has 0 amide bonds. The number of methoxy groups -OCH3 is 2. The largest absolute Gasteiger partial charge is 0.497 e. The van der Waals surface area contributed by atoms with Crippen molar-refractivity contribution in [3.63, 3.8) is 0 Å². The van der Waals surface area contributed by atoms with Crippen molar-refractivity contribution in [2.75, 3.05) is 41.5 Å². The van der Waals surface area contributed by atoms with Crippen LogP contribution in [0.5, 0.6) is 5.75 Å². The molecule has 168 valence electrons. The Morgan fingerprint density at radius 3 is 2.63 bits per heavy atom. The third kappa shape index (κ3) is 8.75. The summed E-state index contributed by atoms with van der Waals surface area (Å²) < 4.78 is 16.2. The van der Waals surface area contributed by atoms with Gasteiger partial charge in [-0.2, -0.15) is 0 Å². The molecule has 7 nitrogen and oxygen atoms in total. The molecule has 0 radical (unpaired) electrons. The predicted molar refractivity (Wildman–Crippen MR) is 133 cm³/mol. The van der Waals surface area contributed by atoms with Gasteiger partial charge in [0.15, 0.2) is 5.96 Å². The van der Waals surface area contributed by atoms with E-state index in [1.54, 1.807) is 32.6 Å². The lowest BCUT2D eigenvalue weighted by atomic mass is 10.2. The van der Waals surface area contributed by atoms with Gasteiger partial charge < -0.3 is 24.4 Å². The van der Waals surface area contributed by atoms with Crippen molar-refractivity contribution >= 4 is 41.3 Å². The van der Waals surface area contributed by atoms with E-state index in [1.165, 1.54) is 0 Å². The van der Waals surface area contributed by atoms with Crippen molar-refractivity contribution in [1.82, 2.24) is 15.2 Å². The van der Waals surface area contributed by atoms with Crippen molar-refractivity contribution in [3.05, 3.63) is 45.9 Å². The molecule has 0 aliphatic rings. The Balaban J connectivity index is 0.00000450. The molecular weight excluding hydrogens is 515 g/mol. The van der Waals surface area contributed by atoms with Gasteiger partial charge in [-0.15, -0.1) is 35.3 Å². The first-order valence-corrected chi connectivity index (χ1v) is 10.5. The fourth-order valence-electron chi connectivity index (χ4n) is 2.67. The number of aliphatic imine (C=N–C) groups is 1. The second-order valence-electron chi connectivity index (χ2n) is 6.64. The Bertz CT molecular complexity index is 755. The molecule has 1 aromatic heterocycles. The van der Waals surface area contributed by atoms with E-state index in [4.69, 9.17) is 14.2 Å². The van der Waals surface area contributed by atoms with Crippen molar-refractivity contribution < 1.29 is 14.2 Å². The first kappa shape index (κ1) is 26.6. The highest BCUT2D eigenvalue weighted by Crippen LogP contribution is 2.20. The van der Waals surface area contributed by atoms with Crippen molar-refractivity contribution in [1.29, 1.82) is 0 Å². The van der Waals surface area contributed by atoms with Crippen molar-refractivity contribution in [2.45, 2.75) is 32.6 Å². The molecular formula is C21H33IN4O3S. The monoisotopic (exact) mass is 548 g/mol. The number of aromatic nitrogens is 1. The third-order valence-electron chi connectivity index (χ3n) is 4.42. The number of rotatable bonds is 11. The van der Waals surface area contributed by atoms with E-state index >= 15 is 0 Å². The third-order valence-corrected chi connectivity index (χ3v) is 5.47. The van der Waals surface area contributed by atoms with Crippen LogP contribution >= 0.6 is 35.3 Å². The van der Waals surface area contributed by atoms with E-state index in [0.29, 0.717) is 19.8 Å². The zero-order valence-electron chi connectivity index (χ0n) is 18.4. The van der Waals surface area contributed by atoms with E-state index in [0.717, 1.165) is 40.9 Å². The van der Waals surface area contributed by atoms with Gasteiger partial charge in [0.1, 0.15) is 16.9 Å². The highest BCUT2D eigenvalue weighted by Gasteiger charge is 2.12. The summed E-state index contributed by atoms with van der Waals surface area (Å²) in [5.41, 5.74) is 2.15. The molecule has 30 heavy (non-hydrogen) atoms. The lowest BCUT2D eigenvalue weighted by molar-refractivity contribution is 0.119. The molecule has 1 N–H and O–H groups in total. The summed E-state index contributed by atoms with van der Waals surface area (Å²) in [7, 11) is 7.16. The molecule has 0 fully saturated rings. The van der Waals surface area contributed by atoms with E-state index in [1.807, 2.05) is 38.2 Å². The number of thiazole rings is 1. The molecule has 0 aliphatic carbocycles. The van der Waals surface area contributed by atoms with E-state index < -0.39 is 0 Å². The average molecular weight is 548 g/mol. The Hall–Kier alpha value is -1.43. The fraction of sp³-hybridized carbons (Fsp3) is 0.524. The quantitative estimate of drug-likeness (QED) is 0.198. The Kier molecular flexibility index (Phi) is 12.9. The van der Waals surface area contributed by atoms with Crippen LogP contribution in [-0.2, 0) is 22.6 Å². The lowest BCUT2D eigenvalue weighted by Gasteiger charge is -2.21. The molecule has 0 bridgehead atoms. The maximum Gasteiger partial charge on any atom is 0.193 e. The standard InChI is InChI=1S/C21H32N4O3S.HI/c1-16(26-4)20-24-18(15-29-20)13-25(3)21(22-2)23-11-6-12-28-14-17-7-9-19(27-5)10-8-17;/h7-10,15-16H,6,11-14H2,1-5H3,(H,22,23);1H. The number of ether oxygens (including phenoxy) is 3. The summed E-state index contributed by atoms with van der Waals surface area (Å²) in [6.07, 6.45) is 0.921. The Morgan fingerprint density at radius 2 is 2.00 bits per heavy atom. The summed E-state index contributed by atoms with van der Waals surface area (Å²) in [6, 6.07) is 7.93. The molecule has 1 unspecified atom stereocenters. The summed E-state index contributed by atoms with van der Waals surface area (Å²) in [4.78, 5) is 11.1. The minimum atomic E-state index is 0. The molecule has 0 saturated heterocycles. The van der Waals surface area contributed by atoms with Crippen LogP contribution in [0.25, 0.3) is 0 Å². The molecule has 1 aromatic carbocycles. The number of nitrogens with zero attached hydrogens (tertiary/aromatic N) is 3. The summed E-state index contributed by atoms with van der Waals surface area (Å²) in [5.74, 6) is 1.70. The van der Waals surface area contributed by atoms with Crippen LogP contribution in [0.4, 0.5) is 0 Å². The first-order chi connectivity index (χ1) is 14.1. The van der Waals surface area contributed by atoms with Gasteiger partial charge in [-0.1, -0.05) is 12.1 Å². The van der Waals surface area contributed by atoms with Gasteiger partial charge in [0.2, 0.25) is 0 Å². The molecule has 9 heteroatoms. The first-order valence-electron chi connectivity index (χ1n) is 9.67. The number of guanidine groups is 1. The van der Waals surface area contributed by atoms with Crippen LogP contribution < -0.4 is 10.1 Å². The van der Waals surface area contributed by atoms with Gasteiger partial charge in [-0.25, -0.2) is 4.98 Å². The van der Waals surface area contributed by atoms with E-state index in [9.17, 15) is 0 Å². The van der Waals surface area contributed by atoms with Crippen LogP contribution in [0.3, 0.4) is 0 Å². The molecule has 0 aliphatic heterocycles. The highest BCUT2D eigenvalue weighted by molar-refractivity contribution is 14.0. The Labute approximate surface area is 200 Å². The van der Waals surface area contributed by atoms with E-state index in [-0.39, 0.29) is 30.1 Å². The molecule has 1 atom stereocenters. The number of nitrogens with one attached hydrogen (secondary N) is 1. The van der Waals surface area contributed by atoms with Crippen molar-refractivity contribution in [2.24, 2.45) is 4.99 Å². The predicted octanol–water partition coefficient (Wildman–Crippen LogP) is 4.09. The maximum atomic E-state index is 5.75. The smallest absolute Gasteiger partial charge is 0.193 e. The minimum absolute atomic E-state index is 0. The van der Waals surface area contributed by atoms with Gasteiger partial charge in [-0.3, -0.25) is 4.99 Å². The number of hydrogen-bond acceptors (Lipinski definition) is 6. The second-order valence-corrected chi connectivity index (χ2v) is 7.53. The van der Waals surface area contributed by atoms with Crippen LogP contribution in [0.2, 0.25) is 0 Å². The lowest BCUT2D eigenvalue weighted by Crippen LogP contribution is -2.39. The van der Waals surface area contributed by atoms with Crippen LogP contribution in [-0.4, -0.2) is 57.3 Å². The zero-order chi connectivity index (χ0) is 21.1. The Morgan fingerprint density at radius 1 is 1.27 bits per heavy atom. The van der Waals surface area contributed by atoms with Gasteiger partial charge in [0, 0.05) is 39.7 Å². The van der Waals surface area contributed by atoms with Crippen molar-refractivity contribution in [3.8, 4) is 5.75 Å². The maximum absolute atomic E-state index is 5.75. The topological polar surface area (TPSA) is 68.2 Å². The molecule has 2 aromatic rings. The second kappa shape index (κ2) is 14.6. The van der Waals surface area contributed by atoms with Gasteiger partial charge in [-0.05, 0) is 31.0 Å².